The van der Waals surface area contributed by atoms with Gasteiger partial charge < -0.3 is 9.47 Å². The second-order valence-corrected chi connectivity index (χ2v) is 4.24. The van der Waals surface area contributed by atoms with Crippen molar-refractivity contribution in [3.8, 4) is 11.5 Å². The summed E-state index contributed by atoms with van der Waals surface area (Å²) >= 11 is 0. The summed E-state index contributed by atoms with van der Waals surface area (Å²) in [6, 6.07) is 16.0. The minimum Gasteiger partial charge on any atom is -0.497 e. The van der Waals surface area contributed by atoms with E-state index in [1.807, 2.05) is 54.6 Å². The van der Waals surface area contributed by atoms with E-state index in [1.165, 1.54) is 5.56 Å². The van der Waals surface area contributed by atoms with Crippen LogP contribution in [0.15, 0.2) is 60.7 Å². The van der Waals surface area contributed by atoms with E-state index in [1.54, 1.807) is 14.2 Å². The molecule has 0 heterocycles. The lowest BCUT2D eigenvalue weighted by molar-refractivity contribution is 0.394. The molecule has 0 aliphatic carbocycles. The number of methoxy groups -OCH3 is 2. The third kappa shape index (κ3) is 3.75. The van der Waals surface area contributed by atoms with Crippen LogP contribution in [0.1, 0.15) is 11.1 Å². The molecular formula is C18H18O2. The van der Waals surface area contributed by atoms with Crippen LogP contribution in [0.3, 0.4) is 0 Å². The largest absolute Gasteiger partial charge is 0.497 e. The zero-order chi connectivity index (χ0) is 14.2. The van der Waals surface area contributed by atoms with Crippen molar-refractivity contribution in [3.05, 3.63) is 71.8 Å². The highest BCUT2D eigenvalue weighted by Gasteiger charge is 2.00. The van der Waals surface area contributed by atoms with Crippen molar-refractivity contribution in [2.45, 2.75) is 0 Å². The summed E-state index contributed by atoms with van der Waals surface area (Å²) < 4.78 is 10.5. The van der Waals surface area contributed by atoms with E-state index < -0.39 is 0 Å². The smallest absolute Gasteiger partial charge is 0.129 e. The Morgan fingerprint density at radius 3 is 2.25 bits per heavy atom. The van der Waals surface area contributed by atoms with Crippen LogP contribution in [0.25, 0.3) is 12.2 Å². The van der Waals surface area contributed by atoms with Gasteiger partial charge in [-0.05, 0) is 17.7 Å². The van der Waals surface area contributed by atoms with Gasteiger partial charge in [-0.25, -0.2) is 0 Å². The van der Waals surface area contributed by atoms with Crippen molar-refractivity contribution in [1.29, 1.82) is 0 Å². The van der Waals surface area contributed by atoms with Gasteiger partial charge in [0.05, 0.1) is 14.2 Å². The Labute approximate surface area is 120 Å². The first-order valence-corrected chi connectivity index (χ1v) is 6.45. The molecule has 102 valence electrons. The third-order valence-electron chi connectivity index (χ3n) is 2.92. The van der Waals surface area contributed by atoms with Crippen LogP contribution in [-0.2, 0) is 0 Å². The summed E-state index contributed by atoms with van der Waals surface area (Å²) in [6.45, 7) is 0. The lowest BCUT2D eigenvalue weighted by atomic mass is 10.1. The summed E-state index contributed by atoms with van der Waals surface area (Å²) in [7, 11) is 3.30. The lowest BCUT2D eigenvalue weighted by Crippen LogP contribution is -1.89. The van der Waals surface area contributed by atoms with Gasteiger partial charge in [0.1, 0.15) is 11.5 Å². The Morgan fingerprint density at radius 1 is 0.800 bits per heavy atom. The predicted molar refractivity (Wildman–Crippen MR) is 84.1 cm³/mol. The Morgan fingerprint density at radius 2 is 1.55 bits per heavy atom. The molecule has 2 aromatic carbocycles. The first-order valence-electron chi connectivity index (χ1n) is 6.45. The third-order valence-corrected chi connectivity index (χ3v) is 2.92. The van der Waals surface area contributed by atoms with Crippen molar-refractivity contribution in [2.24, 2.45) is 0 Å². The fraction of sp³-hybridized carbons (Fsp3) is 0.111. The van der Waals surface area contributed by atoms with E-state index in [9.17, 15) is 0 Å². The molecule has 0 fully saturated rings. The van der Waals surface area contributed by atoms with E-state index in [4.69, 9.17) is 9.47 Å². The van der Waals surface area contributed by atoms with Gasteiger partial charge in [-0.1, -0.05) is 54.6 Å². The summed E-state index contributed by atoms with van der Waals surface area (Å²) in [5, 5.41) is 0. The van der Waals surface area contributed by atoms with Crippen LogP contribution in [0.5, 0.6) is 11.5 Å². The maximum Gasteiger partial charge on any atom is 0.129 e. The normalized spacial score (nSPS) is 11.1. The summed E-state index contributed by atoms with van der Waals surface area (Å²) in [5.41, 5.74) is 2.20. The molecule has 0 unspecified atom stereocenters. The van der Waals surface area contributed by atoms with Crippen molar-refractivity contribution < 1.29 is 9.47 Å². The molecule has 0 saturated heterocycles. The molecule has 0 atom stereocenters. The Kier molecular flexibility index (Phi) is 5.01. The molecule has 0 N–H and O–H groups in total. The van der Waals surface area contributed by atoms with E-state index >= 15 is 0 Å². The van der Waals surface area contributed by atoms with E-state index in [-0.39, 0.29) is 0 Å². The molecule has 0 amide bonds. The predicted octanol–water partition coefficient (Wildman–Crippen LogP) is 4.43. The first kappa shape index (κ1) is 13.9. The molecule has 2 heteroatoms. The van der Waals surface area contributed by atoms with Crippen molar-refractivity contribution in [2.75, 3.05) is 14.2 Å². The quantitative estimate of drug-likeness (QED) is 0.745. The van der Waals surface area contributed by atoms with Crippen LogP contribution in [0.4, 0.5) is 0 Å². The fourth-order valence-corrected chi connectivity index (χ4v) is 1.85. The van der Waals surface area contributed by atoms with Crippen LogP contribution in [-0.4, -0.2) is 14.2 Å². The molecule has 0 aromatic heterocycles. The lowest BCUT2D eigenvalue weighted by Gasteiger charge is -2.06. The zero-order valence-corrected chi connectivity index (χ0v) is 11.7. The second-order valence-electron chi connectivity index (χ2n) is 4.24. The van der Waals surface area contributed by atoms with Gasteiger partial charge in [-0.2, -0.15) is 0 Å². The second kappa shape index (κ2) is 7.19. The van der Waals surface area contributed by atoms with Crippen LogP contribution in [0.2, 0.25) is 0 Å². The molecule has 2 aromatic rings. The van der Waals surface area contributed by atoms with Gasteiger partial charge in [-0.3, -0.25) is 0 Å². The summed E-state index contributed by atoms with van der Waals surface area (Å²) in [4.78, 5) is 0. The number of hydrogen-bond acceptors (Lipinski definition) is 2. The maximum absolute atomic E-state index is 5.35. The minimum absolute atomic E-state index is 0.791. The Hall–Kier alpha value is -2.48. The monoisotopic (exact) mass is 266 g/mol. The number of hydrogen-bond donors (Lipinski definition) is 0. The average Bonchev–Trinajstić information content (AvgIpc) is 2.52. The molecule has 0 aliphatic heterocycles. The van der Waals surface area contributed by atoms with E-state index in [0.717, 1.165) is 17.1 Å². The van der Waals surface area contributed by atoms with Crippen LogP contribution in [0, 0.1) is 0 Å². The number of allylic oxidation sites excluding steroid dienone is 2. The van der Waals surface area contributed by atoms with Gasteiger partial charge in [0.25, 0.3) is 0 Å². The van der Waals surface area contributed by atoms with Crippen molar-refractivity contribution in [3.63, 3.8) is 0 Å². The van der Waals surface area contributed by atoms with Gasteiger partial charge in [0, 0.05) is 11.6 Å². The highest BCUT2D eigenvalue weighted by atomic mass is 16.5. The van der Waals surface area contributed by atoms with Crippen LogP contribution >= 0.6 is 0 Å². The Bertz CT molecular complexity index is 598. The molecule has 0 saturated carbocycles. The number of benzene rings is 2. The molecule has 0 spiro atoms. The van der Waals surface area contributed by atoms with Gasteiger partial charge in [0.15, 0.2) is 0 Å². The Balaban J connectivity index is 2.09. The maximum atomic E-state index is 5.35. The topological polar surface area (TPSA) is 18.5 Å². The highest BCUT2D eigenvalue weighted by Crippen LogP contribution is 2.25. The fourth-order valence-electron chi connectivity index (χ4n) is 1.85. The van der Waals surface area contributed by atoms with Gasteiger partial charge >= 0.3 is 0 Å². The first-order chi connectivity index (χ1) is 9.83. The number of rotatable bonds is 5. The zero-order valence-electron chi connectivity index (χ0n) is 11.7. The van der Waals surface area contributed by atoms with Crippen LogP contribution < -0.4 is 9.47 Å². The summed E-state index contributed by atoms with van der Waals surface area (Å²) in [5.74, 6) is 1.59. The molecule has 0 bridgehead atoms. The van der Waals surface area contributed by atoms with Crippen molar-refractivity contribution in [1.82, 2.24) is 0 Å². The molecule has 20 heavy (non-hydrogen) atoms. The molecule has 0 radical (unpaired) electrons. The molecule has 0 aliphatic rings. The minimum atomic E-state index is 0.791. The molecule has 2 nitrogen and oxygen atoms in total. The standard InChI is InChI=1S/C18H18O2/c1-19-17-13-12-16(18(14-17)20-2)11-7-6-10-15-8-4-3-5-9-15/h3-14H,1-2H3. The van der Waals surface area contributed by atoms with Gasteiger partial charge in [-0.15, -0.1) is 0 Å². The SMILES string of the molecule is COc1ccc(C=CC=Cc2ccccc2)c(OC)c1. The average molecular weight is 266 g/mol. The molecular weight excluding hydrogens is 248 g/mol. The van der Waals surface area contributed by atoms with E-state index in [2.05, 4.69) is 18.2 Å². The van der Waals surface area contributed by atoms with E-state index in [0.29, 0.717) is 0 Å². The van der Waals surface area contributed by atoms with Crippen molar-refractivity contribution >= 4 is 12.2 Å². The highest BCUT2D eigenvalue weighted by molar-refractivity contribution is 5.62. The van der Waals surface area contributed by atoms with Gasteiger partial charge in [0.2, 0.25) is 0 Å². The number of ether oxygens (including phenoxy) is 2. The summed E-state index contributed by atoms with van der Waals surface area (Å²) in [6.07, 6.45) is 8.08. The molecule has 2 rings (SSSR count).